The topological polar surface area (TPSA) is 59.7 Å². The first-order valence-electron chi connectivity index (χ1n) is 8.28. The molecule has 0 spiro atoms. The number of aryl methyl sites for hydroxylation is 1. The van der Waals surface area contributed by atoms with E-state index in [1.807, 2.05) is 23.8 Å². The Labute approximate surface area is 141 Å². The minimum absolute atomic E-state index is 0.414. The summed E-state index contributed by atoms with van der Waals surface area (Å²) in [6, 6.07) is 8.27. The van der Waals surface area contributed by atoms with E-state index in [-0.39, 0.29) is 0 Å². The first kappa shape index (κ1) is 14.8. The van der Waals surface area contributed by atoms with Crippen molar-refractivity contribution in [3.05, 3.63) is 60.7 Å². The Kier molecular flexibility index (Phi) is 3.94. The molecule has 1 aliphatic heterocycles. The molecule has 4 heterocycles. The second-order valence-corrected chi connectivity index (χ2v) is 6.19. The van der Waals surface area contributed by atoms with Crippen LogP contribution in [-0.2, 0) is 0 Å². The number of piperidine rings is 1. The summed E-state index contributed by atoms with van der Waals surface area (Å²) in [6.45, 7) is 3.98. The fraction of sp³-hybridized carbons (Fsp3) is 0.333. The molecule has 6 nitrogen and oxygen atoms in total. The normalized spacial score (nSPS) is 17.9. The Balaban J connectivity index is 1.57. The van der Waals surface area contributed by atoms with Gasteiger partial charge in [-0.3, -0.25) is 4.57 Å². The van der Waals surface area contributed by atoms with E-state index >= 15 is 0 Å². The van der Waals surface area contributed by atoms with Gasteiger partial charge in [0.25, 0.3) is 0 Å². The summed E-state index contributed by atoms with van der Waals surface area (Å²) in [7, 11) is 0. The molecular weight excluding hydrogens is 300 g/mol. The molecule has 0 aliphatic carbocycles. The summed E-state index contributed by atoms with van der Waals surface area (Å²) in [6.07, 6.45) is 9.41. The van der Waals surface area contributed by atoms with Crippen molar-refractivity contribution in [2.75, 3.05) is 18.0 Å². The van der Waals surface area contributed by atoms with Gasteiger partial charge in [0.2, 0.25) is 0 Å². The minimum atomic E-state index is 0.414. The number of pyridine rings is 1. The van der Waals surface area contributed by atoms with E-state index < -0.39 is 0 Å². The van der Waals surface area contributed by atoms with Crippen molar-refractivity contribution in [1.82, 2.24) is 24.5 Å². The van der Waals surface area contributed by atoms with E-state index in [2.05, 4.69) is 38.1 Å². The number of anilines is 1. The van der Waals surface area contributed by atoms with Gasteiger partial charge < -0.3 is 4.90 Å². The predicted octanol–water partition coefficient (Wildman–Crippen LogP) is 2.75. The summed E-state index contributed by atoms with van der Waals surface area (Å²) in [5, 5.41) is 0. The van der Waals surface area contributed by atoms with Gasteiger partial charge in [-0.2, -0.15) is 0 Å². The van der Waals surface area contributed by atoms with Crippen LogP contribution in [0.5, 0.6) is 0 Å². The standard InChI is InChI=1S/C18H20N6/c1-14-10-18(21-12-20-14)23-8-3-4-15(11-23)16-5-2-6-17(22-16)24-9-7-19-13-24/h2,5-7,9-10,12-13,15H,3-4,8,11H2,1H3. The highest BCUT2D eigenvalue weighted by Crippen LogP contribution is 2.28. The van der Waals surface area contributed by atoms with Gasteiger partial charge in [0.1, 0.15) is 24.3 Å². The lowest BCUT2D eigenvalue weighted by Gasteiger charge is -2.33. The lowest BCUT2D eigenvalue weighted by Crippen LogP contribution is -2.35. The number of hydrogen-bond donors (Lipinski definition) is 0. The molecule has 24 heavy (non-hydrogen) atoms. The number of nitrogens with zero attached hydrogens (tertiary/aromatic N) is 6. The minimum Gasteiger partial charge on any atom is -0.356 e. The van der Waals surface area contributed by atoms with Crippen LogP contribution in [0.1, 0.15) is 30.1 Å². The van der Waals surface area contributed by atoms with Gasteiger partial charge in [0, 0.05) is 48.9 Å². The molecule has 0 bridgehead atoms. The predicted molar refractivity (Wildman–Crippen MR) is 92.3 cm³/mol. The molecule has 0 aromatic carbocycles. The van der Waals surface area contributed by atoms with Crippen molar-refractivity contribution >= 4 is 5.82 Å². The van der Waals surface area contributed by atoms with Crippen molar-refractivity contribution in [3.8, 4) is 5.82 Å². The highest BCUT2D eigenvalue weighted by Gasteiger charge is 2.23. The molecule has 0 saturated carbocycles. The molecule has 6 heteroatoms. The highest BCUT2D eigenvalue weighted by atomic mass is 15.2. The van der Waals surface area contributed by atoms with Crippen LogP contribution in [0.4, 0.5) is 5.82 Å². The fourth-order valence-electron chi connectivity index (χ4n) is 3.25. The van der Waals surface area contributed by atoms with E-state index in [1.165, 1.54) is 0 Å². The van der Waals surface area contributed by atoms with E-state index in [4.69, 9.17) is 4.98 Å². The first-order chi connectivity index (χ1) is 11.8. The van der Waals surface area contributed by atoms with Crippen LogP contribution in [0.2, 0.25) is 0 Å². The fourth-order valence-corrected chi connectivity index (χ4v) is 3.25. The summed E-state index contributed by atoms with van der Waals surface area (Å²) < 4.78 is 1.94. The Morgan fingerprint density at radius 3 is 2.96 bits per heavy atom. The zero-order chi connectivity index (χ0) is 16.4. The highest BCUT2D eigenvalue weighted by molar-refractivity contribution is 5.40. The number of hydrogen-bond acceptors (Lipinski definition) is 5. The van der Waals surface area contributed by atoms with Gasteiger partial charge in [-0.15, -0.1) is 0 Å². The van der Waals surface area contributed by atoms with Crippen molar-refractivity contribution in [2.24, 2.45) is 0 Å². The zero-order valence-electron chi connectivity index (χ0n) is 13.7. The van der Waals surface area contributed by atoms with E-state index in [9.17, 15) is 0 Å². The van der Waals surface area contributed by atoms with Crippen LogP contribution in [0.25, 0.3) is 5.82 Å². The van der Waals surface area contributed by atoms with E-state index in [0.717, 1.165) is 49.0 Å². The Morgan fingerprint density at radius 1 is 1.17 bits per heavy atom. The molecule has 3 aromatic heterocycles. The molecule has 3 aromatic rings. The van der Waals surface area contributed by atoms with E-state index in [0.29, 0.717) is 5.92 Å². The van der Waals surface area contributed by atoms with Gasteiger partial charge >= 0.3 is 0 Å². The Bertz CT molecular complexity index is 814. The lowest BCUT2D eigenvalue weighted by molar-refractivity contribution is 0.498. The quantitative estimate of drug-likeness (QED) is 0.742. The largest absolute Gasteiger partial charge is 0.356 e. The third-order valence-corrected chi connectivity index (χ3v) is 4.48. The van der Waals surface area contributed by atoms with Crippen LogP contribution >= 0.6 is 0 Å². The molecule has 1 unspecified atom stereocenters. The van der Waals surface area contributed by atoms with Crippen LogP contribution in [-0.4, -0.2) is 37.6 Å². The molecule has 1 atom stereocenters. The lowest BCUT2D eigenvalue weighted by atomic mass is 9.94. The number of aromatic nitrogens is 5. The van der Waals surface area contributed by atoms with Crippen LogP contribution in [0.3, 0.4) is 0 Å². The van der Waals surface area contributed by atoms with Crippen molar-refractivity contribution in [3.63, 3.8) is 0 Å². The maximum absolute atomic E-state index is 4.85. The molecule has 4 rings (SSSR count). The summed E-state index contributed by atoms with van der Waals surface area (Å²) in [5.74, 6) is 2.34. The Hall–Kier alpha value is -2.76. The molecule has 0 amide bonds. The second-order valence-electron chi connectivity index (χ2n) is 6.19. The van der Waals surface area contributed by atoms with Crippen LogP contribution < -0.4 is 4.90 Å². The molecule has 122 valence electrons. The zero-order valence-corrected chi connectivity index (χ0v) is 13.7. The van der Waals surface area contributed by atoms with Gasteiger partial charge in [-0.05, 0) is 31.9 Å². The maximum atomic E-state index is 4.85. The van der Waals surface area contributed by atoms with Crippen molar-refractivity contribution < 1.29 is 0 Å². The van der Waals surface area contributed by atoms with Gasteiger partial charge in [-0.25, -0.2) is 19.9 Å². The monoisotopic (exact) mass is 320 g/mol. The third kappa shape index (κ3) is 2.99. The van der Waals surface area contributed by atoms with Crippen LogP contribution in [0, 0.1) is 6.92 Å². The summed E-state index contributed by atoms with van der Waals surface area (Å²) >= 11 is 0. The SMILES string of the molecule is Cc1cc(N2CCCC(c3cccc(-n4ccnc4)n3)C2)ncn1. The molecular formula is C18H20N6. The molecule has 1 saturated heterocycles. The maximum Gasteiger partial charge on any atom is 0.138 e. The summed E-state index contributed by atoms with van der Waals surface area (Å²) in [5.41, 5.74) is 2.14. The molecule has 0 radical (unpaired) electrons. The van der Waals surface area contributed by atoms with Gasteiger partial charge in [0.15, 0.2) is 0 Å². The number of rotatable bonds is 3. The van der Waals surface area contributed by atoms with Crippen molar-refractivity contribution in [1.29, 1.82) is 0 Å². The molecule has 1 fully saturated rings. The van der Waals surface area contributed by atoms with E-state index in [1.54, 1.807) is 18.9 Å². The second kappa shape index (κ2) is 6.39. The van der Waals surface area contributed by atoms with Crippen LogP contribution in [0.15, 0.2) is 49.3 Å². The summed E-state index contributed by atoms with van der Waals surface area (Å²) in [4.78, 5) is 19.9. The molecule has 1 aliphatic rings. The number of imidazole rings is 1. The third-order valence-electron chi connectivity index (χ3n) is 4.48. The van der Waals surface area contributed by atoms with Gasteiger partial charge in [0.05, 0.1) is 0 Å². The van der Waals surface area contributed by atoms with Crippen molar-refractivity contribution in [2.45, 2.75) is 25.7 Å². The first-order valence-corrected chi connectivity index (χ1v) is 8.28. The molecule has 0 N–H and O–H groups in total. The Morgan fingerprint density at radius 2 is 2.12 bits per heavy atom. The smallest absolute Gasteiger partial charge is 0.138 e. The average Bonchev–Trinajstić information content (AvgIpc) is 3.17. The average molecular weight is 320 g/mol. The van der Waals surface area contributed by atoms with Gasteiger partial charge in [-0.1, -0.05) is 6.07 Å².